The smallest absolute Gasteiger partial charge is 0.251 e. The number of carbonyl (C=O) groups is 1. The molecule has 0 aliphatic heterocycles. The lowest BCUT2D eigenvalue weighted by Crippen LogP contribution is -2.22. The molecule has 0 saturated carbocycles. The van der Waals surface area contributed by atoms with Crippen molar-refractivity contribution in [1.29, 1.82) is 0 Å². The average molecular weight is 363 g/mol. The van der Waals surface area contributed by atoms with Gasteiger partial charge in [-0.15, -0.1) is 0 Å². The van der Waals surface area contributed by atoms with E-state index in [-0.39, 0.29) is 12.5 Å². The first-order valence-corrected chi connectivity index (χ1v) is 8.39. The van der Waals surface area contributed by atoms with Gasteiger partial charge in [-0.25, -0.2) is 4.98 Å². The maximum absolute atomic E-state index is 12.3. The number of imidazole rings is 1. The van der Waals surface area contributed by atoms with Crippen molar-refractivity contribution < 1.29 is 14.1 Å². The first kappa shape index (κ1) is 16.8. The molecule has 8 nitrogen and oxygen atoms in total. The number of aryl methyl sites for hydroxylation is 1. The number of amides is 1. The summed E-state index contributed by atoms with van der Waals surface area (Å²) in [5.41, 5.74) is 3.40. The van der Waals surface area contributed by atoms with Crippen LogP contribution in [-0.4, -0.2) is 26.0 Å². The largest absolute Gasteiger partial charge is 0.485 e. The number of ether oxygens (including phenoxy) is 1. The molecule has 0 aliphatic carbocycles. The van der Waals surface area contributed by atoms with Crippen LogP contribution in [0.1, 0.15) is 27.6 Å². The lowest BCUT2D eigenvalue weighted by atomic mass is 10.1. The standard InChI is InChI=1S/C19H17N5O3/c1-12-23-18(24-27-12)10-26-15-5-3-14(4-6-15)19(25)20-9-13-2-7-16-17(8-13)22-11-21-16/h2-8,11H,9-10H2,1H3,(H,20,25)(H,21,22). The summed E-state index contributed by atoms with van der Waals surface area (Å²) in [6.45, 7) is 2.36. The number of fused-ring (bicyclic) bond motifs is 1. The molecule has 0 fully saturated rings. The van der Waals surface area contributed by atoms with Crippen molar-refractivity contribution in [3.8, 4) is 5.75 Å². The Morgan fingerprint density at radius 3 is 2.85 bits per heavy atom. The Labute approximate surface area is 154 Å². The van der Waals surface area contributed by atoms with Crippen LogP contribution in [0.15, 0.2) is 53.3 Å². The van der Waals surface area contributed by atoms with Gasteiger partial charge in [0.05, 0.1) is 17.4 Å². The summed E-state index contributed by atoms with van der Waals surface area (Å²) in [7, 11) is 0. The van der Waals surface area contributed by atoms with Gasteiger partial charge >= 0.3 is 0 Å². The van der Waals surface area contributed by atoms with E-state index in [1.54, 1.807) is 37.5 Å². The van der Waals surface area contributed by atoms with Crippen LogP contribution >= 0.6 is 0 Å². The Bertz CT molecular complexity index is 1070. The first-order valence-electron chi connectivity index (χ1n) is 8.39. The van der Waals surface area contributed by atoms with Gasteiger partial charge in [-0.3, -0.25) is 4.79 Å². The number of rotatable bonds is 6. The van der Waals surface area contributed by atoms with Crippen LogP contribution in [0.4, 0.5) is 0 Å². The summed E-state index contributed by atoms with van der Waals surface area (Å²) >= 11 is 0. The molecule has 0 saturated heterocycles. The molecule has 2 heterocycles. The van der Waals surface area contributed by atoms with Crippen LogP contribution in [-0.2, 0) is 13.2 Å². The molecular weight excluding hydrogens is 346 g/mol. The van der Waals surface area contributed by atoms with Crippen LogP contribution in [0, 0.1) is 6.92 Å². The highest BCUT2D eigenvalue weighted by Crippen LogP contribution is 2.15. The highest BCUT2D eigenvalue weighted by atomic mass is 16.5. The molecule has 8 heteroatoms. The van der Waals surface area contributed by atoms with Gasteiger partial charge in [-0.1, -0.05) is 11.2 Å². The maximum Gasteiger partial charge on any atom is 0.251 e. The molecule has 2 N–H and O–H groups in total. The van der Waals surface area contributed by atoms with Crippen LogP contribution in [0.5, 0.6) is 5.75 Å². The number of hydrogen-bond donors (Lipinski definition) is 2. The lowest BCUT2D eigenvalue weighted by Gasteiger charge is -2.07. The SMILES string of the molecule is Cc1nc(COc2ccc(C(=O)NCc3ccc4nc[nH]c4c3)cc2)no1. The lowest BCUT2D eigenvalue weighted by molar-refractivity contribution is 0.0951. The van der Waals surface area contributed by atoms with E-state index in [2.05, 4.69) is 25.4 Å². The quantitative estimate of drug-likeness (QED) is 0.546. The van der Waals surface area contributed by atoms with Crippen molar-refractivity contribution >= 4 is 16.9 Å². The van der Waals surface area contributed by atoms with Crippen molar-refractivity contribution in [3.05, 3.63) is 71.6 Å². The number of H-pyrrole nitrogens is 1. The normalized spacial score (nSPS) is 10.9. The van der Waals surface area contributed by atoms with Crippen molar-refractivity contribution in [1.82, 2.24) is 25.4 Å². The van der Waals surface area contributed by atoms with E-state index in [1.807, 2.05) is 18.2 Å². The summed E-state index contributed by atoms with van der Waals surface area (Å²) in [4.78, 5) is 23.6. The summed E-state index contributed by atoms with van der Waals surface area (Å²) in [5, 5.41) is 6.67. The van der Waals surface area contributed by atoms with Crippen molar-refractivity contribution in [2.45, 2.75) is 20.1 Å². The zero-order chi connectivity index (χ0) is 18.6. The van der Waals surface area contributed by atoms with Gasteiger partial charge in [0, 0.05) is 19.0 Å². The molecule has 0 aliphatic rings. The van der Waals surface area contributed by atoms with E-state index in [1.165, 1.54) is 0 Å². The van der Waals surface area contributed by atoms with Gasteiger partial charge in [0.2, 0.25) is 11.7 Å². The molecule has 27 heavy (non-hydrogen) atoms. The zero-order valence-electron chi connectivity index (χ0n) is 14.6. The van der Waals surface area contributed by atoms with E-state index >= 15 is 0 Å². The minimum Gasteiger partial charge on any atom is -0.485 e. The third kappa shape index (κ3) is 3.95. The van der Waals surface area contributed by atoms with Crippen LogP contribution < -0.4 is 10.1 Å². The summed E-state index contributed by atoms with van der Waals surface area (Å²) in [6.07, 6.45) is 1.65. The molecular formula is C19H17N5O3. The van der Waals surface area contributed by atoms with E-state index < -0.39 is 0 Å². The predicted molar refractivity (Wildman–Crippen MR) is 97.1 cm³/mol. The summed E-state index contributed by atoms with van der Waals surface area (Å²) < 4.78 is 10.5. The molecule has 1 amide bonds. The molecule has 0 unspecified atom stereocenters. The van der Waals surface area contributed by atoms with E-state index in [0.29, 0.717) is 29.6 Å². The number of carbonyl (C=O) groups excluding carboxylic acids is 1. The van der Waals surface area contributed by atoms with Crippen LogP contribution in [0.3, 0.4) is 0 Å². The number of benzene rings is 2. The molecule has 0 atom stereocenters. The Balaban J connectivity index is 1.32. The topological polar surface area (TPSA) is 106 Å². The molecule has 2 aromatic carbocycles. The molecule has 0 spiro atoms. The second-order valence-electron chi connectivity index (χ2n) is 5.98. The zero-order valence-corrected chi connectivity index (χ0v) is 14.6. The third-order valence-electron chi connectivity index (χ3n) is 3.99. The number of nitrogens with one attached hydrogen (secondary N) is 2. The minimum absolute atomic E-state index is 0.153. The molecule has 4 aromatic rings. The van der Waals surface area contributed by atoms with Gasteiger partial charge in [-0.2, -0.15) is 4.98 Å². The van der Waals surface area contributed by atoms with Gasteiger partial charge < -0.3 is 19.6 Å². The predicted octanol–water partition coefficient (Wildman–Crippen LogP) is 2.76. The molecule has 136 valence electrons. The van der Waals surface area contributed by atoms with Crippen molar-refractivity contribution in [3.63, 3.8) is 0 Å². The number of nitrogens with zero attached hydrogens (tertiary/aromatic N) is 3. The van der Waals surface area contributed by atoms with E-state index in [0.717, 1.165) is 16.6 Å². The molecule has 4 rings (SSSR count). The Hall–Kier alpha value is -3.68. The summed E-state index contributed by atoms with van der Waals surface area (Å²) in [6, 6.07) is 12.7. The van der Waals surface area contributed by atoms with Gasteiger partial charge in [0.1, 0.15) is 5.75 Å². The average Bonchev–Trinajstić information content (AvgIpc) is 3.33. The number of aromatic nitrogens is 4. The third-order valence-corrected chi connectivity index (χ3v) is 3.99. The highest BCUT2D eigenvalue weighted by molar-refractivity contribution is 5.94. The maximum atomic E-state index is 12.3. The highest BCUT2D eigenvalue weighted by Gasteiger charge is 2.07. The van der Waals surface area contributed by atoms with Crippen LogP contribution in [0.2, 0.25) is 0 Å². The second kappa shape index (κ2) is 7.28. The van der Waals surface area contributed by atoms with Gasteiger partial charge in [0.15, 0.2) is 6.61 Å². The number of aromatic amines is 1. The fourth-order valence-corrected chi connectivity index (χ4v) is 2.63. The Morgan fingerprint density at radius 1 is 1.22 bits per heavy atom. The second-order valence-corrected chi connectivity index (χ2v) is 5.98. The van der Waals surface area contributed by atoms with E-state index in [9.17, 15) is 4.79 Å². The summed E-state index contributed by atoms with van der Waals surface area (Å²) in [5.74, 6) is 1.44. The minimum atomic E-state index is -0.153. The van der Waals surface area contributed by atoms with Gasteiger partial charge in [-0.05, 0) is 42.0 Å². The monoisotopic (exact) mass is 363 g/mol. The first-order chi connectivity index (χ1) is 13.2. The number of hydrogen-bond acceptors (Lipinski definition) is 6. The molecule has 2 aromatic heterocycles. The van der Waals surface area contributed by atoms with E-state index in [4.69, 9.17) is 9.26 Å². The van der Waals surface area contributed by atoms with Crippen molar-refractivity contribution in [2.75, 3.05) is 0 Å². The fraction of sp³-hybridized carbons (Fsp3) is 0.158. The Kier molecular flexibility index (Phi) is 4.52. The molecule has 0 bridgehead atoms. The van der Waals surface area contributed by atoms with Crippen molar-refractivity contribution in [2.24, 2.45) is 0 Å². The van der Waals surface area contributed by atoms with Crippen LogP contribution in [0.25, 0.3) is 11.0 Å². The fourth-order valence-electron chi connectivity index (χ4n) is 2.63. The molecule has 0 radical (unpaired) electrons. The Morgan fingerprint density at radius 2 is 2.07 bits per heavy atom. The van der Waals surface area contributed by atoms with Gasteiger partial charge in [0.25, 0.3) is 5.91 Å².